The lowest BCUT2D eigenvalue weighted by atomic mass is 9.73. The lowest BCUT2D eigenvalue weighted by Gasteiger charge is -2.30. The molecule has 0 aliphatic carbocycles. The van der Waals surface area contributed by atoms with Gasteiger partial charge in [0.05, 0.1) is 11.1 Å². The van der Waals surface area contributed by atoms with E-state index in [1.165, 1.54) is 0 Å². The largest absolute Gasteiger partial charge is 0.411 e. The van der Waals surface area contributed by atoms with E-state index in [0.29, 0.717) is 5.71 Å². The van der Waals surface area contributed by atoms with E-state index in [0.717, 1.165) is 15.6 Å². The van der Waals surface area contributed by atoms with Gasteiger partial charge in [0.15, 0.2) is 0 Å². The first-order chi connectivity index (χ1) is 9.09. The van der Waals surface area contributed by atoms with Gasteiger partial charge in [0.25, 0.3) is 0 Å². The van der Waals surface area contributed by atoms with Gasteiger partial charge in [-0.3, -0.25) is 0 Å². The highest BCUT2D eigenvalue weighted by Crippen LogP contribution is 2.34. The van der Waals surface area contributed by atoms with Crippen LogP contribution in [0, 0.1) is 0 Å². The summed E-state index contributed by atoms with van der Waals surface area (Å²) in [7, 11) is 0. The van der Waals surface area contributed by atoms with Crippen LogP contribution in [0.15, 0.2) is 64.2 Å². The Hall–Kier alpha value is -1.61. The molecule has 0 aliphatic heterocycles. The first-order valence-electron chi connectivity index (χ1n) is 6.09. The maximum absolute atomic E-state index is 9.23. The van der Waals surface area contributed by atoms with E-state index >= 15 is 0 Å². The summed E-state index contributed by atoms with van der Waals surface area (Å²) in [4.78, 5) is 0. The number of hydrogen-bond acceptors (Lipinski definition) is 2. The Labute approximate surface area is 121 Å². The molecule has 0 bridgehead atoms. The van der Waals surface area contributed by atoms with Crippen LogP contribution in [-0.4, -0.2) is 10.9 Å². The van der Waals surface area contributed by atoms with Crippen molar-refractivity contribution in [2.24, 2.45) is 5.16 Å². The van der Waals surface area contributed by atoms with Crippen molar-refractivity contribution in [2.75, 3.05) is 0 Å². The second-order valence-corrected chi connectivity index (χ2v) is 5.60. The molecule has 1 N–H and O–H groups in total. The van der Waals surface area contributed by atoms with Crippen LogP contribution in [0.1, 0.15) is 25.0 Å². The summed E-state index contributed by atoms with van der Waals surface area (Å²) in [6, 6.07) is 18.2. The zero-order valence-electron chi connectivity index (χ0n) is 11.0. The van der Waals surface area contributed by atoms with Gasteiger partial charge >= 0.3 is 0 Å². The zero-order chi connectivity index (χ0) is 13.9. The SMILES string of the molecule is C/C(=N\O)C(C)(c1ccccc1)c1ccc(Br)cc1. The lowest BCUT2D eigenvalue weighted by Crippen LogP contribution is -2.32. The van der Waals surface area contributed by atoms with Gasteiger partial charge in [0, 0.05) is 4.47 Å². The second kappa shape index (κ2) is 5.57. The van der Waals surface area contributed by atoms with Crippen molar-refractivity contribution >= 4 is 21.6 Å². The molecule has 0 radical (unpaired) electrons. The van der Waals surface area contributed by atoms with E-state index in [1.54, 1.807) is 0 Å². The summed E-state index contributed by atoms with van der Waals surface area (Å²) in [5.74, 6) is 0. The van der Waals surface area contributed by atoms with E-state index < -0.39 is 5.41 Å². The molecule has 1 unspecified atom stereocenters. The molecule has 2 aromatic carbocycles. The fraction of sp³-hybridized carbons (Fsp3) is 0.188. The van der Waals surface area contributed by atoms with Gasteiger partial charge in [-0.25, -0.2) is 0 Å². The molecule has 19 heavy (non-hydrogen) atoms. The molecule has 0 aliphatic rings. The smallest absolute Gasteiger partial charge is 0.0686 e. The van der Waals surface area contributed by atoms with Crippen molar-refractivity contribution in [3.63, 3.8) is 0 Å². The maximum atomic E-state index is 9.23. The minimum absolute atomic E-state index is 0.434. The summed E-state index contributed by atoms with van der Waals surface area (Å²) >= 11 is 3.44. The first-order valence-corrected chi connectivity index (χ1v) is 6.89. The first kappa shape index (κ1) is 13.8. The van der Waals surface area contributed by atoms with E-state index in [-0.39, 0.29) is 0 Å². The van der Waals surface area contributed by atoms with E-state index in [4.69, 9.17) is 0 Å². The van der Waals surface area contributed by atoms with Crippen molar-refractivity contribution in [2.45, 2.75) is 19.3 Å². The second-order valence-electron chi connectivity index (χ2n) is 4.68. The predicted octanol–water partition coefficient (Wildman–Crippen LogP) is 4.61. The minimum Gasteiger partial charge on any atom is -0.411 e. The molecule has 2 rings (SSSR count). The highest BCUT2D eigenvalue weighted by molar-refractivity contribution is 9.10. The van der Waals surface area contributed by atoms with Crippen LogP contribution in [-0.2, 0) is 5.41 Å². The minimum atomic E-state index is -0.434. The number of hydrogen-bond donors (Lipinski definition) is 1. The molecule has 0 fully saturated rings. The van der Waals surface area contributed by atoms with Gasteiger partial charge in [-0.05, 0) is 37.1 Å². The Kier molecular flexibility index (Phi) is 4.05. The Morgan fingerprint density at radius 3 is 2.05 bits per heavy atom. The van der Waals surface area contributed by atoms with Crippen molar-refractivity contribution in [1.29, 1.82) is 0 Å². The van der Waals surface area contributed by atoms with Crippen LogP contribution in [0.3, 0.4) is 0 Å². The fourth-order valence-electron chi connectivity index (χ4n) is 2.24. The average Bonchev–Trinajstić information content (AvgIpc) is 2.47. The number of benzene rings is 2. The molecule has 98 valence electrons. The van der Waals surface area contributed by atoms with Crippen LogP contribution < -0.4 is 0 Å². The average molecular weight is 318 g/mol. The highest BCUT2D eigenvalue weighted by atomic mass is 79.9. The van der Waals surface area contributed by atoms with E-state index in [2.05, 4.69) is 40.1 Å². The molecule has 0 amide bonds. The molecular formula is C16H16BrNO. The predicted molar refractivity (Wildman–Crippen MR) is 81.9 cm³/mol. The third kappa shape index (κ3) is 2.56. The topological polar surface area (TPSA) is 32.6 Å². The summed E-state index contributed by atoms with van der Waals surface area (Å²) in [5.41, 5.74) is 2.43. The van der Waals surface area contributed by atoms with Gasteiger partial charge in [-0.15, -0.1) is 0 Å². The lowest BCUT2D eigenvalue weighted by molar-refractivity contribution is 0.314. The third-order valence-corrected chi connectivity index (χ3v) is 4.17. The van der Waals surface area contributed by atoms with Crippen LogP contribution in [0.5, 0.6) is 0 Å². The Bertz CT molecular complexity index is 577. The van der Waals surface area contributed by atoms with Crippen molar-refractivity contribution < 1.29 is 5.21 Å². The Balaban J connectivity index is 2.62. The van der Waals surface area contributed by atoms with Crippen LogP contribution in [0.2, 0.25) is 0 Å². The van der Waals surface area contributed by atoms with Gasteiger partial charge < -0.3 is 5.21 Å². The van der Waals surface area contributed by atoms with Gasteiger partial charge in [0.1, 0.15) is 0 Å². The fourth-order valence-corrected chi connectivity index (χ4v) is 2.50. The summed E-state index contributed by atoms with van der Waals surface area (Å²) in [6.07, 6.45) is 0. The molecule has 0 spiro atoms. The normalized spacial score (nSPS) is 15.0. The highest BCUT2D eigenvalue weighted by Gasteiger charge is 2.32. The number of nitrogens with zero attached hydrogens (tertiary/aromatic N) is 1. The molecule has 0 heterocycles. The quantitative estimate of drug-likeness (QED) is 0.500. The summed E-state index contributed by atoms with van der Waals surface area (Å²) in [6.45, 7) is 3.91. The number of rotatable bonds is 3. The van der Waals surface area contributed by atoms with Gasteiger partial charge in [-0.2, -0.15) is 0 Å². The summed E-state index contributed by atoms with van der Waals surface area (Å²) < 4.78 is 1.03. The van der Waals surface area contributed by atoms with Crippen molar-refractivity contribution in [1.82, 2.24) is 0 Å². The van der Waals surface area contributed by atoms with E-state index in [1.807, 2.05) is 49.4 Å². The zero-order valence-corrected chi connectivity index (χ0v) is 12.6. The summed E-state index contributed by atoms with van der Waals surface area (Å²) in [5, 5.41) is 12.7. The maximum Gasteiger partial charge on any atom is 0.0686 e. The van der Waals surface area contributed by atoms with Crippen molar-refractivity contribution in [3.8, 4) is 0 Å². The van der Waals surface area contributed by atoms with Crippen LogP contribution >= 0.6 is 15.9 Å². The molecule has 0 saturated heterocycles. The Morgan fingerprint density at radius 2 is 1.53 bits per heavy atom. The number of oxime groups is 1. The van der Waals surface area contributed by atoms with E-state index in [9.17, 15) is 5.21 Å². The molecule has 0 aromatic heterocycles. The Morgan fingerprint density at radius 1 is 1.00 bits per heavy atom. The van der Waals surface area contributed by atoms with Crippen LogP contribution in [0.4, 0.5) is 0 Å². The monoisotopic (exact) mass is 317 g/mol. The molecule has 0 saturated carbocycles. The molecular weight excluding hydrogens is 302 g/mol. The van der Waals surface area contributed by atoms with Crippen LogP contribution in [0.25, 0.3) is 0 Å². The number of halogens is 1. The standard InChI is InChI=1S/C16H16BrNO/c1-12(18-19)16(2,13-6-4-3-5-7-13)14-8-10-15(17)11-9-14/h3-11,19H,1-2H3/b18-12+. The third-order valence-electron chi connectivity index (χ3n) is 3.65. The molecule has 2 aromatic rings. The molecule has 3 heteroatoms. The van der Waals surface area contributed by atoms with Gasteiger partial charge in [-0.1, -0.05) is 63.6 Å². The van der Waals surface area contributed by atoms with Gasteiger partial charge in [0.2, 0.25) is 0 Å². The molecule has 2 nitrogen and oxygen atoms in total. The molecule has 1 atom stereocenters. The van der Waals surface area contributed by atoms with Crippen molar-refractivity contribution in [3.05, 3.63) is 70.2 Å².